The van der Waals surface area contributed by atoms with E-state index in [1.807, 2.05) is 66.1 Å². The van der Waals surface area contributed by atoms with Crippen LogP contribution in [0, 0.1) is 0 Å². The van der Waals surface area contributed by atoms with Crippen molar-refractivity contribution < 1.29 is 19.2 Å². The molecule has 0 aliphatic carbocycles. The first-order valence-corrected chi connectivity index (χ1v) is 11.7. The Morgan fingerprint density at radius 1 is 1.15 bits per heavy atom. The average Bonchev–Trinajstić information content (AvgIpc) is 3.28. The van der Waals surface area contributed by atoms with Gasteiger partial charge in [-0.2, -0.15) is 9.67 Å². The van der Waals surface area contributed by atoms with E-state index in [-0.39, 0.29) is 17.4 Å². The largest absolute Gasteiger partial charge is 0.508 e. The van der Waals surface area contributed by atoms with Gasteiger partial charge in [-0.25, -0.2) is 5.43 Å². The highest BCUT2D eigenvalue weighted by molar-refractivity contribution is 7.99. The van der Waals surface area contributed by atoms with E-state index in [1.54, 1.807) is 24.3 Å². The van der Waals surface area contributed by atoms with Crippen molar-refractivity contribution in [3.05, 3.63) is 84.4 Å². The molecule has 1 aromatic heterocycles. The van der Waals surface area contributed by atoms with Gasteiger partial charge in [0.2, 0.25) is 0 Å². The van der Waals surface area contributed by atoms with Gasteiger partial charge in [0.1, 0.15) is 17.2 Å². The molecule has 4 rings (SSSR count). The number of carbonyl (C=O) groups is 1. The fourth-order valence-electron chi connectivity index (χ4n) is 3.23. The van der Waals surface area contributed by atoms with Crippen LogP contribution in [0.25, 0.3) is 17.1 Å². The van der Waals surface area contributed by atoms with Crippen LogP contribution in [0.4, 0.5) is 0 Å². The number of ether oxygens (including phenoxy) is 1. The molecule has 0 saturated carbocycles. The summed E-state index contributed by atoms with van der Waals surface area (Å²) in [4.78, 5) is 12.4. The number of nitrogens with one attached hydrogen (secondary N) is 2. The van der Waals surface area contributed by atoms with Gasteiger partial charge < -0.3 is 9.84 Å². The number of nitrogens with zero attached hydrogens (tertiary/aromatic N) is 3. The highest BCUT2D eigenvalue weighted by Crippen LogP contribution is 2.21. The Hall–Kier alpha value is -4.11. The van der Waals surface area contributed by atoms with E-state index >= 15 is 0 Å². The first kappa shape index (κ1) is 23.1. The maximum Gasteiger partial charge on any atom is 0.342 e. The number of phenols is 1. The van der Waals surface area contributed by atoms with Crippen LogP contribution in [-0.2, 0) is 4.79 Å². The maximum atomic E-state index is 12.4. The third-order valence-corrected chi connectivity index (χ3v) is 5.67. The van der Waals surface area contributed by atoms with Gasteiger partial charge >= 0.3 is 5.16 Å². The number of amides is 1. The van der Waals surface area contributed by atoms with Gasteiger partial charge in [0.15, 0.2) is 0 Å². The van der Waals surface area contributed by atoms with E-state index in [0.717, 1.165) is 22.8 Å². The van der Waals surface area contributed by atoms with Crippen molar-refractivity contribution in [2.45, 2.75) is 12.1 Å². The zero-order chi connectivity index (χ0) is 23.8. The van der Waals surface area contributed by atoms with Crippen LogP contribution in [0.1, 0.15) is 12.5 Å². The topological polar surface area (TPSA) is 103 Å². The zero-order valence-corrected chi connectivity index (χ0v) is 19.3. The third kappa shape index (κ3) is 5.81. The van der Waals surface area contributed by atoms with Crippen molar-refractivity contribution in [3.8, 4) is 28.6 Å². The number of benzene rings is 3. The molecule has 1 amide bonds. The fraction of sp³-hybridized carbons (Fsp3) is 0.120. The number of aromatic amines is 1. The summed E-state index contributed by atoms with van der Waals surface area (Å²) in [7, 11) is 0. The van der Waals surface area contributed by atoms with Crippen molar-refractivity contribution in [3.63, 3.8) is 0 Å². The number of hydrogen-bond acceptors (Lipinski definition) is 6. The molecule has 3 aromatic carbocycles. The second-order valence-corrected chi connectivity index (χ2v) is 8.10. The Morgan fingerprint density at radius 3 is 2.68 bits per heavy atom. The summed E-state index contributed by atoms with van der Waals surface area (Å²) < 4.78 is 7.53. The van der Waals surface area contributed by atoms with Crippen molar-refractivity contribution in [1.29, 1.82) is 0 Å². The van der Waals surface area contributed by atoms with Crippen molar-refractivity contribution in [2.24, 2.45) is 5.10 Å². The number of rotatable bonds is 9. The normalized spacial score (nSPS) is 11.0. The van der Waals surface area contributed by atoms with E-state index in [9.17, 15) is 9.90 Å². The molecule has 0 fully saturated rings. The molecular formula is C25H24N5O3S+. The average molecular weight is 475 g/mol. The van der Waals surface area contributed by atoms with Gasteiger partial charge in [-0.3, -0.25) is 4.79 Å². The molecule has 3 N–H and O–H groups in total. The fourth-order valence-corrected chi connectivity index (χ4v) is 3.99. The van der Waals surface area contributed by atoms with Crippen LogP contribution in [0.2, 0.25) is 0 Å². The minimum atomic E-state index is -0.274. The lowest BCUT2D eigenvalue weighted by atomic mass is 10.2. The number of H-pyrrole nitrogens is 1. The molecular weight excluding hydrogens is 450 g/mol. The molecule has 0 atom stereocenters. The van der Waals surface area contributed by atoms with Crippen LogP contribution < -0.4 is 14.7 Å². The molecule has 172 valence electrons. The quantitative estimate of drug-likeness (QED) is 0.149. The van der Waals surface area contributed by atoms with E-state index in [0.29, 0.717) is 17.3 Å². The lowest BCUT2D eigenvalue weighted by Crippen LogP contribution is -2.34. The van der Waals surface area contributed by atoms with E-state index in [2.05, 4.69) is 20.7 Å². The van der Waals surface area contributed by atoms with Gasteiger partial charge in [-0.1, -0.05) is 30.3 Å². The minimum Gasteiger partial charge on any atom is -0.508 e. The molecule has 0 aliphatic rings. The SMILES string of the molecule is CCOc1ccc(-[n+]2c(SCC(=O)N/N=C/c3cccc(O)c3)n[nH]c2-c2ccccc2)cc1. The Bertz CT molecular complexity index is 1270. The number of aromatic hydroxyl groups is 1. The number of aromatic nitrogens is 3. The van der Waals surface area contributed by atoms with Crippen LogP contribution in [0.5, 0.6) is 11.5 Å². The summed E-state index contributed by atoms with van der Waals surface area (Å²) in [5.41, 5.74) is 5.04. The summed E-state index contributed by atoms with van der Waals surface area (Å²) in [5, 5.41) is 21.7. The van der Waals surface area contributed by atoms with Crippen LogP contribution in [0.15, 0.2) is 89.1 Å². The molecule has 0 unspecified atom stereocenters. The predicted octanol–water partition coefficient (Wildman–Crippen LogP) is 3.70. The Balaban J connectivity index is 1.51. The van der Waals surface area contributed by atoms with Crippen LogP contribution in [0.3, 0.4) is 0 Å². The number of hydrogen-bond donors (Lipinski definition) is 3. The van der Waals surface area contributed by atoms with Crippen molar-refractivity contribution in [2.75, 3.05) is 12.4 Å². The number of thioether (sulfide) groups is 1. The van der Waals surface area contributed by atoms with Crippen molar-refractivity contribution in [1.82, 2.24) is 15.6 Å². The minimum absolute atomic E-state index is 0.119. The summed E-state index contributed by atoms with van der Waals surface area (Å²) >= 11 is 1.29. The first-order valence-electron chi connectivity index (χ1n) is 10.7. The third-order valence-electron chi connectivity index (χ3n) is 4.73. The summed E-state index contributed by atoms with van der Waals surface area (Å²) in [6, 6.07) is 24.2. The molecule has 0 spiro atoms. The number of phenolic OH excluding ortho intramolecular Hbond substituents is 1. The number of hydrazone groups is 1. The molecule has 34 heavy (non-hydrogen) atoms. The lowest BCUT2D eigenvalue weighted by Gasteiger charge is -2.06. The molecule has 0 radical (unpaired) electrons. The van der Waals surface area contributed by atoms with E-state index in [1.165, 1.54) is 18.0 Å². The smallest absolute Gasteiger partial charge is 0.342 e. The Labute approximate surface area is 201 Å². The van der Waals surface area contributed by atoms with Crippen LogP contribution in [-0.4, -0.2) is 39.8 Å². The van der Waals surface area contributed by atoms with Gasteiger partial charge in [0, 0.05) is 0 Å². The molecule has 0 bridgehead atoms. The predicted molar refractivity (Wildman–Crippen MR) is 131 cm³/mol. The van der Waals surface area contributed by atoms with Gasteiger partial charge in [-0.05, 0) is 72.8 Å². The highest BCUT2D eigenvalue weighted by Gasteiger charge is 2.24. The second kappa shape index (κ2) is 11.2. The first-order chi connectivity index (χ1) is 16.6. The standard InChI is InChI=1S/C25H23N5O3S/c1-2-33-22-13-11-20(12-14-22)30-24(19-8-4-3-5-9-19)28-29-25(30)34-17-23(32)27-26-16-18-7-6-10-21(31)15-18/h3-16H,2,17H2,1H3,(H2,27,31,32)/p+1/b26-16+. The molecule has 9 heteroatoms. The van der Waals surface area contributed by atoms with Gasteiger partial charge in [0.05, 0.1) is 29.2 Å². The lowest BCUT2D eigenvalue weighted by molar-refractivity contribution is -0.625. The van der Waals surface area contributed by atoms with Gasteiger partial charge in [0.25, 0.3) is 11.7 Å². The summed E-state index contributed by atoms with van der Waals surface area (Å²) in [6.45, 7) is 2.54. The molecule has 4 aromatic rings. The maximum absolute atomic E-state index is 12.4. The van der Waals surface area contributed by atoms with Crippen molar-refractivity contribution >= 4 is 23.9 Å². The molecule has 0 saturated heterocycles. The number of carbonyl (C=O) groups excluding carboxylic acids is 1. The Kier molecular flexibility index (Phi) is 7.56. The van der Waals surface area contributed by atoms with Crippen LogP contribution >= 0.6 is 11.8 Å². The van der Waals surface area contributed by atoms with Gasteiger partial charge in [-0.15, -0.1) is 5.10 Å². The Morgan fingerprint density at radius 2 is 1.94 bits per heavy atom. The summed E-state index contributed by atoms with van der Waals surface area (Å²) in [5.74, 6) is 1.57. The zero-order valence-electron chi connectivity index (χ0n) is 18.5. The molecule has 0 aliphatic heterocycles. The monoisotopic (exact) mass is 474 g/mol. The second-order valence-electron chi connectivity index (χ2n) is 7.16. The van der Waals surface area contributed by atoms with E-state index in [4.69, 9.17) is 4.74 Å². The molecule has 1 heterocycles. The molecule has 8 nitrogen and oxygen atoms in total. The van der Waals surface area contributed by atoms with E-state index < -0.39 is 0 Å². The highest BCUT2D eigenvalue weighted by atomic mass is 32.2. The summed E-state index contributed by atoms with van der Waals surface area (Å²) in [6.07, 6.45) is 1.48.